The van der Waals surface area contributed by atoms with Crippen molar-refractivity contribution in [3.8, 4) is 0 Å². The second-order valence-corrected chi connectivity index (χ2v) is 6.51. The summed E-state index contributed by atoms with van der Waals surface area (Å²) in [4.78, 5) is 22.9. The maximum atomic E-state index is 12.0. The fourth-order valence-corrected chi connectivity index (χ4v) is 2.74. The van der Waals surface area contributed by atoms with E-state index in [4.69, 9.17) is 28.3 Å². The van der Waals surface area contributed by atoms with Gasteiger partial charge in [0.2, 0.25) is 0 Å². The average molecular weight is 331 g/mol. The molecule has 0 spiro atoms. The van der Waals surface area contributed by atoms with Gasteiger partial charge in [-0.1, -0.05) is 23.2 Å². The minimum Gasteiger partial charge on any atom is -0.478 e. The average Bonchev–Trinajstić information content (AvgIpc) is 3.17. The van der Waals surface area contributed by atoms with Gasteiger partial charge in [0.1, 0.15) is 0 Å². The summed E-state index contributed by atoms with van der Waals surface area (Å²) in [6, 6.07) is 2.08. The van der Waals surface area contributed by atoms with E-state index in [0.29, 0.717) is 5.92 Å². The van der Waals surface area contributed by atoms with Gasteiger partial charge in [0, 0.05) is 5.54 Å². The van der Waals surface area contributed by atoms with Gasteiger partial charge >= 0.3 is 12.0 Å². The van der Waals surface area contributed by atoms with Crippen LogP contribution in [-0.4, -0.2) is 22.6 Å². The summed E-state index contributed by atoms with van der Waals surface area (Å²) in [5.74, 6) is -0.659. The Morgan fingerprint density at radius 3 is 2.19 bits per heavy atom. The molecule has 1 aliphatic rings. The van der Waals surface area contributed by atoms with Crippen molar-refractivity contribution < 1.29 is 14.7 Å². The zero-order valence-electron chi connectivity index (χ0n) is 11.7. The number of anilines is 1. The molecule has 0 unspecified atom stereocenters. The molecule has 1 saturated carbocycles. The smallest absolute Gasteiger partial charge is 0.335 e. The summed E-state index contributed by atoms with van der Waals surface area (Å²) in [7, 11) is 0. The van der Waals surface area contributed by atoms with E-state index in [1.807, 2.05) is 13.8 Å². The number of rotatable bonds is 4. The third kappa shape index (κ3) is 3.80. The van der Waals surface area contributed by atoms with E-state index in [0.717, 1.165) is 12.8 Å². The molecule has 0 saturated heterocycles. The van der Waals surface area contributed by atoms with Crippen LogP contribution >= 0.6 is 23.2 Å². The van der Waals surface area contributed by atoms with Gasteiger partial charge in [-0.05, 0) is 44.7 Å². The fraction of sp³-hybridized carbons (Fsp3) is 0.429. The first kappa shape index (κ1) is 15.9. The highest BCUT2D eigenvalue weighted by Gasteiger charge is 2.38. The second kappa shape index (κ2) is 5.73. The van der Waals surface area contributed by atoms with Crippen LogP contribution in [-0.2, 0) is 0 Å². The van der Waals surface area contributed by atoms with Crippen molar-refractivity contribution in [1.82, 2.24) is 5.32 Å². The Morgan fingerprint density at radius 2 is 1.76 bits per heavy atom. The number of aromatic carboxylic acids is 1. The lowest BCUT2D eigenvalue weighted by molar-refractivity contribution is 0.0697. The van der Waals surface area contributed by atoms with E-state index in [1.165, 1.54) is 12.1 Å². The van der Waals surface area contributed by atoms with Crippen LogP contribution in [0.4, 0.5) is 10.5 Å². The first-order valence-electron chi connectivity index (χ1n) is 6.52. The third-order valence-corrected chi connectivity index (χ3v) is 4.16. The van der Waals surface area contributed by atoms with Gasteiger partial charge in [-0.2, -0.15) is 0 Å². The molecule has 21 heavy (non-hydrogen) atoms. The fourth-order valence-electron chi connectivity index (χ4n) is 2.16. The highest BCUT2D eigenvalue weighted by molar-refractivity contribution is 6.40. The van der Waals surface area contributed by atoms with Gasteiger partial charge in [0.05, 0.1) is 21.3 Å². The minimum atomic E-state index is -1.13. The van der Waals surface area contributed by atoms with Gasteiger partial charge in [0.25, 0.3) is 0 Å². The standard InChI is InChI=1S/C14H16Cl2N2O3/c1-14(2,8-3-4-8)18-13(21)17-11-9(15)5-7(12(19)20)6-10(11)16/h5-6,8H,3-4H2,1-2H3,(H,19,20)(H2,17,18,21). The van der Waals surface area contributed by atoms with Crippen molar-refractivity contribution in [2.24, 2.45) is 5.92 Å². The van der Waals surface area contributed by atoms with Crippen LogP contribution in [0.2, 0.25) is 10.0 Å². The number of nitrogens with one attached hydrogen (secondary N) is 2. The number of hydrogen-bond acceptors (Lipinski definition) is 2. The predicted molar refractivity (Wildman–Crippen MR) is 82.4 cm³/mol. The first-order chi connectivity index (χ1) is 9.70. The Morgan fingerprint density at radius 1 is 1.24 bits per heavy atom. The van der Waals surface area contributed by atoms with E-state index in [2.05, 4.69) is 10.6 Å². The molecule has 5 nitrogen and oxygen atoms in total. The summed E-state index contributed by atoms with van der Waals surface area (Å²) in [6.45, 7) is 3.92. The number of carbonyl (C=O) groups excluding carboxylic acids is 1. The van der Waals surface area contributed by atoms with Crippen LogP contribution in [0.25, 0.3) is 0 Å². The van der Waals surface area contributed by atoms with Crippen LogP contribution in [0.15, 0.2) is 12.1 Å². The SMILES string of the molecule is CC(C)(NC(=O)Nc1c(Cl)cc(C(=O)O)cc1Cl)C1CC1. The van der Waals surface area contributed by atoms with E-state index in [1.54, 1.807) is 0 Å². The summed E-state index contributed by atoms with van der Waals surface area (Å²) < 4.78 is 0. The Balaban J connectivity index is 2.12. The maximum absolute atomic E-state index is 12.0. The minimum absolute atomic E-state index is 0.0331. The first-order valence-corrected chi connectivity index (χ1v) is 7.28. The van der Waals surface area contributed by atoms with Gasteiger partial charge in [-0.15, -0.1) is 0 Å². The number of carboxylic acid groups (broad SMARTS) is 1. The molecule has 3 N–H and O–H groups in total. The molecule has 0 aliphatic heterocycles. The molecular formula is C14H16Cl2N2O3. The van der Waals surface area contributed by atoms with Crippen LogP contribution in [0.5, 0.6) is 0 Å². The normalized spacial score (nSPS) is 14.7. The van der Waals surface area contributed by atoms with Crippen LogP contribution in [0, 0.1) is 5.92 Å². The van der Waals surface area contributed by atoms with Crippen LogP contribution in [0.3, 0.4) is 0 Å². The zero-order valence-corrected chi connectivity index (χ0v) is 13.2. The van der Waals surface area contributed by atoms with E-state index in [9.17, 15) is 9.59 Å². The number of benzene rings is 1. The summed E-state index contributed by atoms with van der Waals surface area (Å²) in [5.41, 5.74) is -0.133. The van der Waals surface area contributed by atoms with Gasteiger partial charge in [0.15, 0.2) is 0 Å². The molecule has 1 aromatic rings. The van der Waals surface area contributed by atoms with E-state index in [-0.39, 0.29) is 26.8 Å². The molecular weight excluding hydrogens is 315 g/mol. The van der Waals surface area contributed by atoms with Crippen molar-refractivity contribution in [2.45, 2.75) is 32.2 Å². The second-order valence-electron chi connectivity index (χ2n) is 5.70. The number of amides is 2. The largest absolute Gasteiger partial charge is 0.478 e. The molecule has 2 rings (SSSR count). The molecule has 0 radical (unpaired) electrons. The topological polar surface area (TPSA) is 78.4 Å². The maximum Gasteiger partial charge on any atom is 0.335 e. The monoisotopic (exact) mass is 330 g/mol. The third-order valence-electron chi connectivity index (χ3n) is 3.56. The predicted octanol–water partition coefficient (Wildman–Crippen LogP) is 4.00. The molecule has 114 valence electrons. The molecule has 0 heterocycles. The number of carbonyl (C=O) groups is 2. The Labute approximate surface area is 132 Å². The number of halogens is 2. The van der Waals surface area contributed by atoms with Gasteiger partial charge in [-0.3, -0.25) is 0 Å². The summed E-state index contributed by atoms with van der Waals surface area (Å²) in [5, 5.41) is 14.5. The molecule has 1 fully saturated rings. The molecule has 0 atom stereocenters. The van der Waals surface area contributed by atoms with Crippen molar-refractivity contribution in [3.05, 3.63) is 27.7 Å². The van der Waals surface area contributed by atoms with E-state index >= 15 is 0 Å². The Kier molecular flexibility index (Phi) is 4.35. The van der Waals surface area contributed by atoms with Crippen molar-refractivity contribution >= 4 is 40.9 Å². The number of urea groups is 1. The lowest BCUT2D eigenvalue weighted by Gasteiger charge is -2.26. The van der Waals surface area contributed by atoms with Gasteiger partial charge in [-0.25, -0.2) is 9.59 Å². The summed E-state index contributed by atoms with van der Waals surface area (Å²) >= 11 is 12.0. The van der Waals surface area contributed by atoms with Crippen LogP contribution < -0.4 is 10.6 Å². The number of hydrogen-bond donors (Lipinski definition) is 3. The molecule has 1 aromatic carbocycles. The lowest BCUT2D eigenvalue weighted by Crippen LogP contribution is -2.47. The van der Waals surface area contributed by atoms with Crippen molar-refractivity contribution in [3.63, 3.8) is 0 Å². The van der Waals surface area contributed by atoms with Gasteiger partial charge < -0.3 is 15.7 Å². The Hall–Kier alpha value is -1.46. The van der Waals surface area contributed by atoms with Crippen LogP contribution in [0.1, 0.15) is 37.0 Å². The highest BCUT2D eigenvalue weighted by atomic mass is 35.5. The molecule has 2 amide bonds. The molecule has 1 aliphatic carbocycles. The van der Waals surface area contributed by atoms with Crippen molar-refractivity contribution in [2.75, 3.05) is 5.32 Å². The number of carboxylic acids is 1. The quantitative estimate of drug-likeness (QED) is 0.780. The highest BCUT2D eigenvalue weighted by Crippen LogP contribution is 2.39. The molecule has 0 bridgehead atoms. The summed E-state index contributed by atoms with van der Waals surface area (Å²) in [6.07, 6.45) is 2.20. The molecule has 7 heteroatoms. The Bertz CT molecular complexity index is 575. The molecule has 0 aromatic heterocycles. The van der Waals surface area contributed by atoms with E-state index < -0.39 is 12.0 Å². The lowest BCUT2D eigenvalue weighted by atomic mass is 9.99. The van der Waals surface area contributed by atoms with Crippen molar-refractivity contribution in [1.29, 1.82) is 0 Å². The zero-order chi connectivity index (χ0) is 15.8.